The van der Waals surface area contributed by atoms with E-state index < -0.39 is 28.0 Å². The smallest absolute Gasteiger partial charge is 0.338 e. The fourth-order valence-electron chi connectivity index (χ4n) is 3.23. The topological polar surface area (TPSA) is 102 Å². The summed E-state index contributed by atoms with van der Waals surface area (Å²) in [5, 5.41) is 2.78. The minimum atomic E-state index is -3.87. The van der Waals surface area contributed by atoms with Crippen molar-refractivity contribution in [3.05, 3.63) is 53.1 Å². The van der Waals surface area contributed by atoms with E-state index in [4.69, 9.17) is 9.47 Å². The van der Waals surface area contributed by atoms with Crippen LogP contribution in [0, 0.1) is 13.8 Å². The molecule has 1 amide bonds. The normalized spacial score (nSPS) is 12.3. The van der Waals surface area contributed by atoms with Gasteiger partial charge in [0.2, 0.25) is 10.0 Å². The molecule has 8 nitrogen and oxygen atoms in total. The monoisotopic (exact) mass is 462 g/mol. The summed E-state index contributed by atoms with van der Waals surface area (Å²) in [5.41, 5.74) is 2.44. The molecule has 9 heteroatoms. The number of methoxy groups -OCH3 is 1. The van der Waals surface area contributed by atoms with Crippen LogP contribution in [0.4, 0.5) is 5.69 Å². The lowest BCUT2D eigenvalue weighted by Gasteiger charge is -2.20. The lowest BCUT2D eigenvalue weighted by molar-refractivity contribution is -0.123. The van der Waals surface area contributed by atoms with Gasteiger partial charge in [-0.1, -0.05) is 32.0 Å². The molecule has 2 aromatic rings. The van der Waals surface area contributed by atoms with Gasteiger partial charge in [-0.25, -0.2) is 13.2 Å². The Kier molecular flexibility index (Phi) is 8.40. The summed E-state index contributed by atoms with van der Waals surface area (Å²) >= 11 is 0. The lowest BCUT2D eigenvalue weighted by atomic mass is 10.1. The molecule has 2 aromatic carbocycles. The molecule has 0 radical (unpaired) electrons. The first kappa shape index (κ1) is 25.4. The highest BCUT2D eigenvalue weighted by molar-refractivity contribution is 7.89. The molecule has 0 bridgehead atoms. The van der Waals surface area contributed by atoms with Gasteiger partial charge in [0.15, 0.2) is 6.10 Å². The van der Waals surface area contributed by atoms with Crippen LogP contribution in [-0.2, 0) is 19.6 Å². The van der Waals surface area contributed by atoms with Crippen molar-refractivity contribution < 1.29 is 27.5 Å². The minimum Gasteiger partial charge on any atom is -0.495 e. The van der Waals surface area contributed by atoms with E-state index in [0.29, 0.717) is 5.69 Å². The van der Waals surface area contributed by atoms with Crippen LogP contribution in [0.3, 0.4) is 0 Å². The van der Waals surface area contributed by atoms with Crippen LogP contribution in [-0.4, -0.2) is 50.9 Å². The Labute approximate surface area is 189 Å². The first-order valence-electron chi connectivity index (χ1n) is 10.3. The number of amides is 1. The third kappa shape index (κ3) is 5.46. The molecule has 0 aliphatic heterocycles. The van der Waals surface area contributed by atoms with Crippen molar-refractivity contribution in [1.82, 2.24) is 4.31 Å². The molecular weight excluding hydrogens is 432 g/mol. The first-order chi connectivity index (χ1) is 15.1. The molecule has 174 valence electrons. The van der Waals surface area contributed by atoms with Crippen LogP contribution in [0.25, 0.3) is 0 Å². The predicted octanol–water partition coefficient (Wildman–Crippen LogP) is 3.53. The number of ether oxygens (including phenoxy) is 2. The summed E-state index contributed by atoms with van der Waals surface area (Å²) in [4.78, 5) is 25.1. The second-order valence-electron chi connectivity index (χ2n) is 7.26. The van der Waals surface area contributed by atoms with Crippen LogP contribution >= 0.6 is 0 Å². The number of nitrogens with one attached hydrogen (secondary N) is 1. The molecule has 0 aromatic heterocycles. The van der Waals surface area contributed by atoms with Crippen LogP contribution < -0.4 is 10.1 Å². The fraction of sp³-hybridized carbons (Fsp3) is 0.391. The summed E-state index contributed by atoms with van der Waals surface area (Å²) in [6.45, 7) is 9.18. The first-order valence-corrected chi connectivity index (χ1v) is 11.8. The number of sulfonamides is 1. The summed E-state index contributed by atoms with van der Waals surface area (Å²) in [7, 11) is -2.52. The Morgan fingerprint density at radius 3 is 2.19 bits per heavy atom. The van der Waals surface area contributed by atoms with E-state index in [-0.39, 0.29) is 29.3 Å². The van der Waals surface area contributed by atoms with E-state index in [2.05, 4.69) is 5.32 Å². The van der Waals surface area contributed by atoms with Gasteiger partial charge in [0.1, 0.15) is 10.6 Å². The highest BCUT2D eigenvalue weighted by atomic mass is 32.2. The van der Waals surface area contributed by atoms with Crippen molar-refractivity contribution in [3.63, 3.8) is 0 Å². The average Bonchev–Trinajstić information content (AvgIpc) is 2.76. The van der Waals surface area contributed by atoms with Crippen LogP contribution in [0.2, 0.25) is 0 Å². The quantitative estimate of drug-likeness (QED) is 0.572. The largest absolute Gasteiger partial charge is 0.495 e. The number of anilines is 1. The highest BCUT2D eigenvalue weighted by Crippen LogP contribution is 2.28. The van der Waals surface area contributed by atoms with Gasteiger partial charge in [-0.15, -0.1) is 0 Å². The van der Waals surface area contributed by atoms with Crippen LogP contribution in [0.15, 0.2) is 41.3 Å². The van der Waals surface area contributed by atoms with Gasteiger partial charge in [0.25, 0.3) is 5.91 Å². The van der Waals surface area contributed by atoms with Crippen molar-refractivity contribution in [1.29, 1.82) is 0 Å². The average molecular weight is 463 g/mol. The molecule has 1 unspecified atom stereocenters. The van der Waals surface area contributed by atoms with Gasteiger partial charge in [0, 0.05) is 18.8 Å². The van der Waals surface area contributed by atoms with Crippen molar-refractivity contribution in [2.24, 2.45) is 0 Å². The molecule has 0 spiro atoms. The number of hydrogen-bond donors (Lipinski definition) is 1. The number of carbonyl (C=O) groups excluding carboxylic acids is 2. The SMILES string of the molecule is CCN(CC)S(=O)(=O)c1cc(C(=O)OC(C)C(=O)Nc2c(C)cccc2C)ccc1OC. The molecule has 1 atom stereocenters. The highest BCUT2D eigenvalue weighted by Gasteiger charge is 2.28. The molecule has 0 aliphatic rings. The second-order valence-corrected chi connectivity index (χ2v) is 9.16. The second kappa shape index (κ2) is 10.6. The van der Waals surface area contributed by atoms with E-state index in [9.17, 15) is 18.0 Å². The maximum atomic E-state index is 13.0. The molecule has 0 fully saturated rings. The molecule has 0 heterocycles. The standard InChI is InChI=1S/C23H30N2O6S/c1-7-25(8-2)32(28,29)20-14-18(12-13-19(20)30-6)23(27)31-17(5)22(26)24-21-15(3)10-9-11-16(21)4/h9-14,17H,7-8H2,1-6H3,(H,24,26). The zero-order chi connectivity index (χ0) is 24.1. The van der Waals surface area contributed by atoms with E-state index in [1.165, 1.54) is 36.5 Å². The zero-order valence-corrected chi connectivity index (χ0v) is 20.1. The van der Waals surface area contributed by atoms with Crippen molar-refractivity contribution in [3.8, 4) is 5.75 Å². The van der Waals surface area contributed by atoms with E-state index in [1.807, 2.05) is 32.0 Å². The Hall–Kier alpha value is -2.91. The molecule has 0 saturated carbocycles. The number of hydrogen-bond acceptors (Lipinski definition) is 6. The Balaban J connectivity index is 2.25. The maximum Gasteiger partial charge on any atom is 0.338 e. The maximum absolute atomic E-state index is 13.0. The number of rotatable bonds is 9. The Morgan fingerprint density at radius 1 is 1.06 bits per heavy atom. The third-order valence-corrected chi connectivity index (χ3v) is 7.18. The van der Waals surface area contributed by atoms with Crippen LogP contribution in [0.1, 0.15) is 42.3 Å². The zero-order valence-electron chi connectivity index (χ0n) is 19.3. The molecule has 0 aliphatic carbocycles. The van der Waals surface area contributed by atoms with E-state index >= 15 is 0 Å². The lowest BCUT2D eigenvalue weighted by Crippen LogP contribution is -2.32. The van der Waals surface area contributed by atoms with E-state index in [0.717, 1.165) is 11.1 Å². The van der Waals surface area contributed by atoms with Gasteiger partial charge in [-0.3, -0.25) is 4.79 Å². The number of para-hydroxylation sites is 1. The number of aryl methyl sites for hydroxylation is 2. The molecular formula is C23H30N2O6S. The number of carbonyl (C=O) groups is 2. The van der Waals surface area contributed by atoms with Crippen molar-refractivity contribution >= 4 is 27.6 Å². The molecule has 0 saturated heterocycles. The number of nitrogens with zero attached hydrogens (tertiary/aromatic N) is 1. The van der Waals surface area contributed by atoms with Crippen LogP contribution in [0.5, 0.6) is 5.75 Å². The Morgan fingerprint density at radius 2 is 1.66 bits per heavy atom. The predicted molar refractivity (Wildman–Crippen MR) is 123 cm³/mol. The van der Waals surface area contributed by atoms with Gasteiger partial charge < -0.3 is 14.8 Å². The van der Waals surface area contributed by atoms with E-state index in [1.54, 1.807) is 13.8 Å². The van der Waals surface area contributed by atoms with Gasteiger partial charge in [-0.2, -0.15) is 4.31 Å². The molecule has 2 rings (SSSR count). The molecule has 1 N–H and O–H groups in total. The summed E-state index contributed by atoms with van der Waals surface area (Å²) in [6, 6.07) is 9.64. The Bertz CT molecular complexity index is 1070. The minimum absolute atomic E-state index is 0.00301. The van der Waals surface area contributed by atoms with Crippen molar-refractivity contribution in [2.45, 2.75) is 45.6 Å². The third-order valence-electron chi connectivity index (χ3n) is 5.10. The summed E-state index contributed by atoms with van der Waals surface area (Å²) in [6.07, 6.45) is -1.09. The van der Waals surface area contributed by atoms with Gasteiger partial charge in [-0.05, 0) is 50.1 Å². The summed E-state index contributed by atoms with van der Waals surface area (Å²) in [5.74, 6) is -1.18. The number of benzene rings is 2. The molecule has 32 heavy (non-hydrogen) atoms. The number of esters is 1. The fourth-order valence-corrected chi connectivity index (χ4v) is 4.87. The van der Waals surface area contributed by atoms with Gasteiger partial charge >= 0.3 is 5.97 Å². The van der Waals surface area contributed by atoms with Crippen molar-refractivity contribution in [2.75, 3.05) is 25.5 Å². The summed E-state index contributed by atoms with van der Waals surface area (Å²) < 4.78 is 37.7. The van der Waals surface area contributed by atoms with Gasteiger partial charge in [0.05, 0.1) is 12.7 Å².